The molecule has 0 saturated carbocycles. The van der Waals surface area contributed by atoms with Crippen molar-refractivity contribution in [3.05, 3.63) is 0 Å². The molecule has 1 N–H and O–H groups in total. The molecule has 0 radical (unpaired) electrons. The average molecular weight is 170 g/mol. The average Bonchev–Trinajstić information content (AvgIpc) is 1.53. The van der Waals surface area contributed by atoms with Gasteiger partial charge in [-0.1, -0.05) is 6.92 Å². The van der Waals surface area contributed by atoms with Crippen molar-refractivity contribution < 1.29 is 23.1 Å². The number of hydrogen-bond acceptors (Lipinski definition) is 1. The molecule has 0 aromatic heterocycles. The molecule has 11 heavy (non-hydrogen) atoms. The third-order valence-electron chi connectivity index (χ3n) is 1.10. The van der Waals surface area contributed by atoms with Gasteiger partial charge in [-0.2, -0.15) is 13.2 Å². The zero-order valence-corrected chi connectivity index (χ0v) is 5.98. The zero-order valence-electron chi connectivity index (χ0n) is 5.98. The van der Waals surface area contributed by atoms with Gasteiger partial charge in [0.25, 0.3) is 0 Å². The Balaban J connectivity index is 3.69. The lowest BCUT2D eigenvalue weighted by atomic mass is 10.0. The fourth-order valence-electron chi connectivity index (χ4n) is 0.765. The van der Waals surface area contributed by atoms with Crippen LogP contribution in [0.3, 0.4) is 0 Å². The van der Waals surface area contributed by atoms with Gasteiger partial charge in [-0.05, 0) is 5.92 Å². The molecule has 1 unspecified atom stereocenters. The molecule has 0 heterocycles. The topological polar surface area (TPSA) is 37.3 Å². The summed E-state index contributed by atoms with van der Waals surface area (Å²) in [4.78, 5) is 9.93. The van der Waals surface area contributed by atoms with Crippen molar-refractivity contribution in [2.45, 2.75) is 25.9 Å². The number of carbonyl (C=O) groups is 1. The standard InChI is InChI=1S/C6H9F3O2/c1-4(2-5(10)11)3-6(7,8)9/h4H,2-3H2,1H3,(H,10,11). The molecule has 66 valence electrons. The number of carboxylic acids is 1. The first-order valence-electron chi connectivity index (χ1n) is 3.10. The van der Waals surface area contributed by atoms with E-state index in [0.29, 0.717) is 0 Å². The third-order valence-corrected chi connectivity index (χ3v) is 1.10. The lowest BCUT2D eigenvalue weighted by Crippen LogP contribution is -2.15. The van der Waals surface area contributed by atoms with E-state index in [-0.39, 0.29) is 0 Å². The number of halogens is 3. The predicted molar refractivity (Wildman–Crippen MR) is 32.1 cm³/mol. The van der Waals surface area contributed by atoms with Crippen LogP contribution in [-0.4, -0.2) is 17.3 Å². The molecule has 0 fully saturated rings. The fourth-order valence-corrected chi connectivity index (χ4v) is 0.765. The maximum absolute atomic E-state index is 11.6. The highest BCUT2D eigenvalue weighted by Gasteiger charge is 2.30. The van der Waals surface area contributed by atoms with Crippen LogP contribution in [0, 0.1) is 5.92 Å². The van der Waals surface area contributed by atoms with Gasteiger partial charge in [-0.15, -0.1) is 0 Å². The first kappa shape index (κ1) is 10.3. The van der Waals surface area contributed by atoms with Crippen LogP contribution in [0.1, 0.15) is 19.8 Å². The molecule has 0 amide bonds. The molecule has 0 saturated heterocycles. The molecule has 5 heteroatoms. The normalized spacial score (nSPS) is 14.5. The van der Waals surface area contributed by atoms with E-state index in [1.54, 1.807) is 0 Å². The van der Waals surface area contributed by atoms with Gasteiger partial charge in [0.15, 0.2) is 0 Å². The summed E-state index contributed by atoms with van der Waals surface area (Å²) in [5.74, 6) is -2.03. The van der Waals surface area contributed by atoms with Crippen LogP contribution in [-0.2, 0) is 4.79 Å². The van der Waals surface area contributed by atoms with Gasteiger partial charge in [0.05, 0.1) is 0 Å². The Morgan fingerprint density at radius 3 is 2.27 bits per heavy atom. The minimum absolute atomic E-state index is 0.431. The van der Waals surface area contributed by atoms with Gasteiger partial charge >= 0.3 is 12.1 Å². The lowest BCUT2D eigenvalue weighted by molar-refractivity contribution is -0.149. The summed E-state index contributed by atoms with van der Waals surface area (Å²) in [5, 5.41) is 8.11. The maximum atomic E-state index is 11.6. The van der Waals surface area contributed by atoms with Gasteiger partial charge in [-0.25, -0.2) is 0 Å². The summed E-state index contributed by atoms with van der Waals surface area (Å²) in [5.41, 5.74) is 0. The first-order chi connectivity index (χ1) is 4.81. The largest absolute Gasteiger partial charge is 0.481 e. The third kappa shape index (κ3) is 7.15. The van der Waals surface area contributed by atoms with Crippen LogP contribution in [0.2, 0.25) is 0 Å². The van der Waals surface area contributed by atoms with Crippen molar-refractivity contribution in [3.63, 3.8) is 0 Å². The van der Waals surface area contributed by atoms with Crippen LogP contribution in [0.4, 0.5) is 13.2 Å². The summed E-state index contributed by atoms with van der Waals surface area (Å²) < 4.78 is 34.7. The van der Waals surface area contributed by atoms with Gasteiger partial charge < -0.3 is 5.11 Å². The molecule has 0 spiro atoms. The van der Waals surface area contributed by atoms with Crippen molar-refractivity contribution in [2.75, 3.05) is 0 Å². The van der Waals surface area contributed by atoms with Crippen molar-refractivity contribution in [1.29, 1.82) is 0 Å². The maximum Gasteiger partial charge on any atom is 0.389 e. The van der Waals surface area contributed by atoms with Crippen molar-refractivity contribution in [3.8, 4) is 0 Å². The summed E-state index contributed by atoms with van der Waals surface area (Å²) in [6.45, 7) is 1.27. The second-order valence-electron chi connectivity index (χ2n) is 2.52. The SMILES string of the molecule is CC(CC(=O)O)CC(F)(F)F. The Morgan fingerprint density at radius 2 is 2.00 bits per heavy atom. The van der Waals surface area contributed by atoms with E-state index < -0.39 is 30.9 Å². The van der Waals surface area contributed by atoms with Gasteiger partial charge in [-0.3, -0.25) is 4.79 Å². The van der Waals surface area contributed by atoms with Gasteiger partial charge in [0.1, 0.15) is 0 Å². The van der Waals surface area contributed by atoms with E-state index in [0.717, 1.165) is 0 Å². The highest BCUT2D eigenvalue weighted by molar-refractivity contribution is 5.66. The van der Waals surface area contributed by atoms with Crippen molar-refractivity contribution in [1.82, 2.24) is 0 Å². The molecule has 0 aliphatic heterocycles. The molecule has 0 aromatic rings. The number of carboxylic acid groups (broad SMARTS) is 1. The molecular weight excluding hydrogens is 161 g/mol. The van der Waals surface area contributed by atoms with Crippen LogP contribution < -0.4 is 0 Å². The Kier molecular flexibility index (Phi) is 3.35. The van der Waals surface area contributed by atoms with Crippen molar-refractivity contribution >= 4 is 5.97 Å². The van der Waals surface area contributed by atoms with E-state index in [1.807, 2.05) is 0 Å². The quantitative estimate of drug-likeness (QED) is 0.703. The smallest absolute Gasteiger partial charge is 0.389 e. The van der Waals surface area contributed by atoms with Crippen LogP contribution in [0.25, 0.3) is 0 Å². The van der Waals surface area contributed by atoms with Crippen LogP contribution in [0.5, 0.6) is 0 Å². The van der Waals surface area contributed by atoms with E-state index >= 15 is 0 Å². The van der Waals surface area contributed by atoms with E-state index in [2.05, 4.69) is 0 Å². The van der Waals surface area contributed by atoms with E-state index in [1.165, 1.54) is 6.92 Å². The zero-order chi connectivity index (χ0) is 9.07. The minimum Gasteiger partial charge on any atom is -0.481 e. The van der Waals surface area contributed by atoms with Crippen molar-refractivity contribution in [2.24, 2.45) is 5.92 Å². The molecule has 0 aliphatic carbocycles. The first-order valence-corrected chi connectivity index (χ1v) is 3.10. The second kappa shape index (κ2) is 3.59. The highest BCUT2D eigenvalue weighted by Crippen LogP contribution is 2.25. The molecule has 0 aromatic carbocycles. The molecule has 1 atom stereocenters. The summed E-state index contributed by atoms with van der Waals surface area (Å²) in [6.07, 6.45) is -5.71. The lowest BCUT2D eigenvalue weighted by Gasteiger charge is -2.10. The summed E-state index contributed by atoms with van der Waals surface area (Å²) in [7, 11) is 0. The Labute approximate surface area is 62.0 Å². The Hall–Kier alpha value is -0.740. The van der Waals surface area contributed by atoms with Gasteiger partial charge in [0, 0.05) is 12.8 Å². The van der Waals surface area contributed by atoms with Gasteiger partial charge in [0.2, 0.25) is 0 Å². The molecule has 0 bridgehead atoms. The van der Waals surface area contributed by atoms with E-state index in [9.17, 15) is 18.0 Å². The number of rotatable bonds is 3. The Morgan fingerprint density at radius 1 is 1.55 bits per heavy atom. The number of aliphatic carboxylic acids is 1. The molecule has 0 aliphatic rings. The fraction of sp³-hybridized carbons (Fsp3) is 0.833. The second-order valence-corrected chi connectivity index (χ2v) is 2.52. The summed E-state index contributed by atoms with van der Waals surface area (Å²) >= 11 is 0. The molecular formula is C6H9F3O2. The Bertz CT molecular complexity index is 141. The van der Waals surface area contributed by atoms with E-state index in [4.69, 9.17) is 5.11 Å². The summed E-state index contributed by atoms with van der Waals surface area (Å²) in [6, 6.07) is 0. The highest BCUT2D eigenvalue weighted by atomic mass is 19.4. The van der Waals surface area contributed by atoms with Crippen LogP contribution in [0.15, 0.2) is 0 Å². The number of hydrogen-bond donors (Lipinski definition) is 1. The minimum atomic E-state index is -4.26. The number of alkyl halides is 3. The van der Waals surface area contributed by atoms with Crippen LogP contribution >= 0.6 is 0 Å². The predicted octanol–water partition coefficient (Wildman–Crippen LogP) is 2.05. The monoisotopic (exact) mass is 170 g/mol. The molecule has 2 nitrogen and oxygen atoms in total. The molecule has 0 rings (SSSR count).